The third-order valence-electron chi connectivity index (χ3n) is 3.34. The zero-order valence-corrected chi connectivity index (χ0v) is 11.5. The molecule has 3 aromatic rings. The van der Waals surface area contributed by atoms with Crippen molar-refractivity contribution in [1.82, 2.24) is 9.97 Å². The Balaban J connectivity index is 2.18. The van der Waals surface area contributed by atoms with Crippen LogP contribution in [0.4, 0.5) is 17.2 Å². The molecule has 102 valence electrons. The molecular formula is C16H13N5. The minimum absolute atomic E-state index is 0.599. The highest BCUT2D eigenvalue weighted by Gasteiger charge is 2.13. The summed E-state index contributed by atoms with van der Waals surface area (Å²) in [4.78, 5) is 10.5. The number of nitrogens with zero attached hydrogens (tertiary/aromatic N) is 4. The van der Waals surface area contributed by atoms with Crippen LogP contribution in [0.25, 0.3) is 10.9 Å². The Morgan fingerprint density at radius 1 is 1.14 bits per heavy atom. The number of aromatic nitrogens is 2. The molecule has 3 rings (SSSR count). The van der Waals surface area contributed by atoms with Crippen LogP contribution in [0.5, 0.6) is 0 Å². The zero-order chi connectivity index (χ0) is 14.8. The number of nitriles is 1. The summed E-state index contributed by atoms with van der Waals surface area (Å²) in [6.45, 7) is 0. The summed E-state index contributed by atoms with van der Waals surface area (Å²) in [5.74, 6) is 0.739. The van der Waals surface area contributed by atoms with Crippen molar-refractivity contribution < 1.29 is 0 Å². The molecule has 0 aliphatic heterocycles. The van der Waals surface area contributed by atoms with Crippen molar-refractivity contribution in [2.45, 2.75) is 0 Å². The first-order valence-electron chi connectivity index (χ1n) is 6.44. The number of fused-ring (bicyclic) bond motifs is 1. The van der Waals surface area contributed by atoms with Gasteiger partial charge in [-0.1, -0.05) is 12.1 Å². The molecule has 2 N–H and O–H groups in total. The lowest BCUT2D eigenvalue weighted by Gasteiger charge is -2.20. The Kier molecular flexibility index (Phi) is 3.13. The molecule has 0 spiro atoms. The molecule has 0 fully saturated rings. The maximum absolute atomic E-state index is 9.24. The fraction of sp³-hybridized carbons (Fsp3) is 0.0625. The van der Waals surface area contributed by atoms with E-state index < -0.39 is 0 Å². The van der Waals surface area contributed by atoms with Crippen molar-refractivity contribution >= 4 is 28.1 Å². The van der Waals surface area contributed by atoms with E-state index in [1.54, 1.807) is 6.07 Å². The molecule has 0 aliphatic carbocycles. The van der Waals surface area contributed by atoms with Gasteiger partial charge < -0.3 is 10.6 Å². The summed E-state index contributed by atoms with van der Waals surface area (Å²) in [7, 11) is 1.88. The molecule has 21 heavy (non-hydrogen) atoms. The van der Waals surface area contributed by atoms with Gasteiger partial charge in [-0.3, -0.25) is 0 Å². The van der Waals surface area contributed by atoms with E-state index in [-0.39, 0.29) is 0 Å². The fourth-order valence-corrected chi connectivity index (χ4v) is 2.30. The highest BCUT2D eigenvalue weighted by molar-refractivity contribution is 5.93. The van der Waals surface area contributed by atoms with Crippen LogP contribution in [0, 0.1) is 11.3 Å². The average Bonchev–Trinajstić information content (AvgIpc) is 2.53. The van der Waals surface area contributed by atoms with Crippen LogP contribution in [0.3, 0.4) is 0 Å². The van der Waals surface area contributed by atoms with Crippen LogP contribution in [0.15, 0.2) is 48.8 Å². The summed E-state index contributed by atoms with van der Waals surface area (Å²) >= 11 is 0. The molecule has 0 radical (unpaired) electrons. The molecule has 5 nitrogen and oxygen atoms in total. The molecule has 2 aromatic carbocycles. The molecule has 0 saturated carbocycles. The Bertz CT molecular complexity index is 851. The molecule has 0 atom stereocenters. The lowest BCUT2D eigenvalue weighted by atomic mass is 10.1. The van der Waals surface area contributed by atoms with Gasteiger partial charge in [0.1, 0.15) is 18.2 Å². The third kappa shape index (κ3) is 2.23. The minimum Gasteiger partial charge on any atom is -0.399 e. The van der Waals surface area contributed by atoms with E-state index in [4.69, 9.17) is 5.73 Å². The predicted octanol–water partition coefficient (Wildman–Crippen LogP) is 2.85. The van der Waals surface area contributed by atoms with Crippen molar-refractivity contribution in [2.24, 2.45) is 0 Å². The number of nitrogens with two attached hydrogens (primary N) is 1. The van der Waals surface area contributed by atoms with Gasteiger partial charge >= 0.3 is 0 Å². The van der Waals surface area contributed by atoms with E-state index in [0.717, 1.165) is 22.4 Å². The summed E-state index contributed by atoms with van der Waals surface area (Å²) in [6, 6.07) is 15.1. The van der Waals surface area contributed by atoms with Gasteiger partial charge in [0.2, 0.25) is 0 Å². The lowest BCUT2D eigenvalue weighted by molar-refractivity contribution is 1.11. The Morgan fingerprint density at radius 2 is 1.95 bits per heavy atom. The molecule has 1 aromatic heterocycles. The van der Waals surface area contributed by atoms with Crippen LogP contribution in [0.1, 0.15) is 5.56 Å². The molecule has 5 heteroatoms. The van der Waals surface area contributed by atoms with E-state index in [0.29, 0.717) is 11.3 Å². The standard InChI is InChI=1S/C16H13N5/c1-21(15-5-3-2-4-11(15)9-17)16-13-7-6-12(18)8-14(13)19-10-20-16/h2-8,10H,18H2,1H3. The quantitative estimate of drug-likeness (QED) is 0.727. The second-order valence-corrected chi connectivity index (χ2v) is 4.66. The van der Waals surface area contributed by atoms with Crippen molar-refractivity contribution in [3.05, 3.63) is 54.4 Å². The second-order valence-electron chi connectivity index (χ2n) is 4.66. The summed E-state index contributed by atoms with van der Waals surface area (Å²) in [5.41, 5.74) is 8.63. The van der Waals surface area contributed by atoms with Crippen molar-refractivity contribution in [3.8, 4) is 6.07 Å². The number of nitrogen functional groups attached to an aromatic ring is 1. The SMILES string of the molecule is CN(c1ccccc1C#N)c1ncnc2cc(N)ccc12. The number of anilines is 3. The average molecular weight is 275 g/mol. The zero-order valence-electron chi connectivity index (χ0n) is 11.5. The monoisotopic (exact) mass is 275 g/mol. The molecule has 1 heterocycles. The third-order valence-corrected chi connectivity index (χ3v) is 3.34. The normalized spacial score (nSPS) is 10.3. The highest BCUT2D eigenvalue weighted by Crippen LogP contribution is 2.30. The van der Waals surface area contributed by atoms with Crippen molar-refractivity contribution in [1.29, 1.82) is 5.26 Å². The maximum atomic E-state index is 9.24. The molecule has 0 unspecified atom stereocenters. The number of para-hydroxylation sites is 1. The number of rotatable bonds is 2. The van der Waals surface area contributed by atoms with Gasteiger partial charge in [0.05, 0.1) is 16.8 Å². The van der Waals surface area contributed by atoms with Crippen LogP contribution in [-0.4, -0.2) is 17.0 Å². The Morgan fingerprint density at radius 3 is 2.76 bits per heavy atom. The molecular weight excluding hydrogens is 262 g/mol. The number of benzene rings is 2. The van der Waals surface area contributed by atoms with E-state index in [9.17, 15) is 5.26 Å². The van der Waals surface area contributed by atoms with Crippen molar-refractivity contribution in [2.75, 3.05) is 17.7 Å². The van der Waals surface area contributed by atoms with E-state index >= 15 is 0 Å². The van der Waals surface area contributed by atoms with Crippen LogP contribution >= 0.6 is 0 Å². The first kappa shape index (κ1) is 12.9. The number of hydrogen-bond acceptors (Lipinski definition) is 5. The van der Waals surface area contributed by atoms with Crippen molar-refractivity contribution in [3.63, 3.8) is 0 Å². The maximum Gasteiger partial charge on any atom is 0.144 e. The smallest absolute Gasteiger partial charge is 0.144 e. The van der Waals surface area contributed by atoms with Gasteiger partial charge in [-0.05, 0) is 30.3 Å². The van der Waals surface area contributed by atoms with E-state index in [1.807, 2.05) is 48.3 Å². The Hall–Kier alpha value is -3.13. The van der Waals surface area contributed by atoms with E-state index in [2.05, 4.69) is 16.0 Å². The van der Waals surface area contributed by atoms with Gasteiger partial charge in [0.25, 0.3) is 0 Å². The van der Waals surface area contributed by atoms with Crippen LogP contribution in [0.2, 0.25) is 0 Å². The summed E-state index contributed by atoms with van der Waals surface area (Å²) < 4.78 is 0. The van der Waals surface area contributed by atoms with Gasteiger partial charge in [-0.15, -0.1) is 0 Å². The van der Waals surface area contributed by atoms with E-state index in [1.165, 1.54) is 6.33 Å². The van der Waals surface area contributed by atoms with Gasteiger partial charge in [0.15, 0.2) is 0 Å². The summed E-state index contributed by atoms with van der Waals surface area (Å²) in [5, 5.41) is 10.1. The number of hydrogen-bond donors (Lipinski definition) is 1. The Labute approximate surface area is 122 Å². The highest BCUT2D eigenvalue weighted by atomic mass is 15.2. The fourth-order valence-electron chi connectivity index (χ4n) is 2.30. The molecule has 0 aliphatic rings. The first-order valence-corrected chi connectivity index (χ1v) is 6.44. The molecule has 0 saturated heterocycles. The first-order chi connectivity index (χ1) is 10.2. The lowest BCUT2D eigenvalue weighted by Crippen LogP contribution is -2.13. The largest absolute Gasteiger partial charge is 0.399 e. The second kappa shape index (κ2) is 5.10. The summed E-state index contributed by atoms with van der Waals surface area (Å²) in [6.07, 6.45) is 1.50. The predicted molar refractivity (Wildman–Crippen MR) is 83.2 cm³/mol. The van der Waals surface area contributed by atoms with Crippen LogP contribution in [-0.2, 0) is 0 Å². The van der Waals surface area contributed by atoms with Crippen LogP contribution < -0.4 is 10.6 Å². The minimum atomic E-state index is 0.599. The van der Waals surface area contributed by atoms with Gasteiger partial charge in [-0.25, -0.2) is 9.97 Å². The van der Waals surface area contributed by atoms with Gasteiger partial charge in [0, 0.05) is 18.1 Å². The van der Waals surface area contributed by atoms with Gasteiger partial charge in [-0.2, -0.15) is 5.26 Å². The topological polar surface area (TPSA) is 78.8 Å². The molecule has 0 bridgehead atoms. The molecule has 0 amide bonds.